The van der Waals surface area contributed by atoms with Crippen molar-refractivity contribution in [2.24, 2.45) is 16.7 Å². The number of rotatable bonds is 3. The summed E-state index contributed by atoms with van der Waals surface area (Å²) in [7, 11) is 0. The van der Waals surface area contributed by atoms with Crippen LogP contribution in [-0.4, -0.2) is 33.5 Å². The van der Waals surface area contributed by atoms with Crippen molar-refractivity contribution in [2.45, 2.75) is 76.6 Å². The lowest BCUT2D eigenvalue weighted by Crippen LogP contribution is -2.72. The molecule has 0 radical (unpaired) electrons. The monoisotopic (exact) mass is 348 g/mol. The first-order valence-electron chi connectivity index (χ1n) is 9.31. The van der Waals surface area contributed by atoms with Gasteiger partial charge in [-0.15, -0.1) is 0 Å². The number of esters is 1. The molecule has 1 aromatic rings. The fourth-order valence-corrected chi connectivity index (χ4v) is 6.34. The van der Waals surface area contributed by atoms with Gasteiger partial charge in [0.1, 0.15) is 6.10 Å². The van der Waals surface area contributed by atoms with E-state index >= 15 is 0 Å². The largest absolute Gasteiger partial charge is 0.472 e. The van der Waals surface area contributed by atoms with Gasteiger partial charge in [-0.25, -0.2) is 0 Å². The average molecular weight is 348 g/mol. The summed E-state index contributed by atoms with van der Waals surface area (Å²) in [5, 5.41) is 23.1. The zero-order valence-corrected chi connectivity index (χ0v) is 15.2. The summed E-state index contributed by atoms with van der Waals surface area (Å²) in [4.78, 5) is 12.6. The fraction of sp³-hybridized carbons (Fsp3) is 0.750. The highest BCUT2D eigenvalue weighted by Gasteiger charge is 2.74. The van der Waals surface area contributed by atoms with E-state index in [1.54, 1.807) is 19.5 Å². The zero-order valence-electron chi connectivity index (χ0n) is 15.2. The summed E-state index contributed by atoms with van der Waals surface area (Å²) in [6, 6.07) is 1.89. The van der Waals surface area contributed by atoms with E-state index in [2.05, 4.69) is 0 Å². The molecule has 2 aliphatic carbocycles. The molecular weight excluding hydrogens is 320 g/mol. The lowest BCUT2D eigenvalue weighted by molar-refractivity contribution is -0.280. The number of carbonyl (C=O) groups excluding carboxylic acids is 1. The van der Waals surface area contributed by atoms with E-state index in [0.29, 0.717) is 12.8 Å². The molecule has 5 nitrogen and oxygen atoms in total. The van der Waals surface area contributed by atoms with Crippen LogP contribution in [0.5, 0.6) is 0 Å². The normalized spacial score (nSPS) is 48.9. The highest BCUT2D eigenvalue weighted by Crippen LogP contribution is 2.67. The van der Waals surface area contributed by atoms with E-state index in [-0.39, 0.29) is 24.4 Å². The second-order valence-corrected chi connectivity index (χ2v) is 9.08. The maximum Gasteiger partial charge on any atom is 0.312 e. The van der Waals surface area contributed by atoms with Gasteiger partial charge in [-0.1, -0.05) is 13.3 Å². The second kappa shape index (κ2) is 5.10. The van der Waals surface area contributed by atoms with Gasteiger partial charge in [0.05, 0.1) is 29.1 Å². The highest BCUT2D eigenvalue weighted by atomic mass is 16.6. The van der Waals surface area contributed by atoms with Gasteiger partial charge in [0.15, 0.2) is 0 Å². The summed E-state index contributed by atoms with van der Waals surface area (Å²) in [5.41, 5.74) is -2.71. The Morgan fingerprint density at radius 3 is 2.68 bits per heavy atom. The summed E-state index contributed by atoms with van der Waals surface area (Å²) in [6.07, 6.45) is 6.78. The Labute approximate surface area is 148 Å². The molecular formula is C20H28O5. The van der Waals surface area contributed by atoms with Crippen molar-refractivity contribution in [3.05, 3.63) is 24.2 Å². The van der Waals surface area contributed by atoms with Crippen molar-refractivity contribution in [3.8, 4) is 0 Å². The lowest BCUT2D eigenvalue weighted by Gasteiger charge is -2.63. The van der Waals surface area contributed by atoms with E-state index in [1.807, 2.05) is 19.9 Å². The molecule has 0 aromatic carbocycles. The van der Waals surface area contributed by atoms with Gasteiger partial charge in [-0.3, -0.25) is 4.79 Å². The zero-order chi connectivity index (χ0) is 18.1. The minimum atomic E-state index is -1.31. The summed E-state index contributed by atoms with van der Waals surface area (Å²) in [5.74, 6) is -0.223. The predicted molar refractivity (Wildman–Crippen MR) is 90.7 cm³/mol. The first-order chi connectivity index (χ1) is 11.6. The molecule has 4 rings (SSSR count). The van der Waals surface area contributed by atoms with Gasteiger partial charge >= 0.3 is 5.97 Å². The van der Waals surface area contributed by atoms with Crippen LogP contribution in [0.25, 0.3) is 0 Å². The molecule has 5 heteroatoms. The maximum absolute atomic E-state index is 12.6. The molecule has 2 N–H and O–H groups in total. The number of aliphatic hydroxyl groups is 2. The van der Waals surface area contributed by atoms with Crippen molar-refractivity contribution >= 4 is 5.97 Å². The maximum atomic E-state index is 12.6. The minimum absolute atomic E-state index is 0.0594. The number of furan rings is 1. The predicted octanol–water partition coefficient (Wildman–Crippen LogP) is 2.84. The minimum Gasteiger partial charge on any atom is -0.472 e. The summed E-state index contributed by atoms with van der Waals surface area (Å²) >= 11 is 0. The Balaban J connectivity index is 1.75. The van der Waals surface area contributed by atoms with Gasteiger partial charge < -0.3 is 19.4 Å². The van der Waals surface area contributed by atoms with Crippen LogP contribution in [0, 0.1) is 16.7 Å². The molecule has 2 saturated carbocycles. The number of hydrogen-bond acceptors (Lipinski definition) is 5. The Morgan fingerprint density at radius 1 is 1.24 bits per heavy atom. The van der Waals surface area contributed by atoms with E-state index in [0.717, 1.165) is 24.8 Å². The molecule has 6 atom stereocenters. The van der Waals surface area contributed by atoms with Crippen LogP contribution in [0.1, 0.15) is 58.4 Å². The van der Waals surface area contributed by atoms with Crippen molar-refractivity contribution in [1.29, 1.82) is 0 Å². The van der Waals surface area contributed by atoms with Gasteiger partial charge in [0, 0.05) is 17.8 Å². The first-order valence-corrected chi connectivity index (χ1v) is 9.31. The molecule has 0 amide bonds. The number of ether oxygens (including phenoxy) is 1. The molecule has 0 spiro atoms. The molecule has 138 valence electrons. The van der Waals surface area contributed by atoms with Crippen molar-refractivity contribution in [3.63, 3.8) is 0 Å². The first kappa shape index (κ1) is 17.1. The van der Waals surface area contributed by atoms with Gasteiger partial charge in [-0.05, 0) is 51.2 Å². The molecule has 1 unspecified atom stereocenters. The van der Waals surface area contributed by atoms with Crippen LogP contribution in [0.4, 0.5) is 0 Å². The third-order valence-electron chi connectivity index (χ3n) is 7.65. The van der Waals surface area contributed by atoms with E-state index < -0.39 is 22.0 Å². The van der Waals surface area contributed by atoms with Crippen molar-refractivity contribution < 1.29 is 24.2 Å². The summed E-state index contributed by atoms with van der Waals surface area (Å²) < 4.78 is 10.8. The van der Waals surface area contributed by atoms with Crippen LogP contribution >= 0.6 is 0 Å². The highest BCUT2D eigenvalue weighted by molar-refractivity contribution is 5.80. The topological polar surface area (TPSA) is 79.9 Å². The second-order valence-electron chi connectivity index (χ2n) is 9.08. The molecule has 25 heavy (non-hydrogen) atoms. The average Bonchev–Trinajstić information content (AvgIpc) is 3.11. The van der Waals surface area contributed by atoms with Crippen molar-refractivity contribution in [2.75, 3.05) is 0 Å². The Hall–Kier alpha value is -1.33. The van der Waals surface area contributed by atoms with Crippen LogP contribution in [0.3, 0.4) is 0 Å². The molecule has 2 heterocycles. The smallest absolute Gasteiger partial charge is 0.312 e. The molecule has 0 bridgehead atoms. The molecule has 1 aromatic heterocycles. The van der Waals surface area contributed by atoms with E-state index in [4.69, 9.17) is 9.15 Å². The molecule has 3 fully saturated rings. The number of carbonyl (C=O) groups is 1. The van der Waals surface area contributed by atoms with Crippen LogP contribution in [-0.2, 0) is 16.0 Å². The third kappa shape index (κ3) is 2.05. The standard InChI is InChI=1S/C20H28O5/c1-17-7-4-8-18(2)15(17)14(25-16(17)21)11-19(3,22)20(18,23)9-5-13-6-10-24-12-13/h6,10,12,14-15,22-23H,4-5,7-9,11H2,1-3H3/t14-,15?,17+,18+,19+,20+/m1/s1. The molecule has 1 aliphatic heterocycles. The Kier molecular flexibility index (Phi) is 3.49. The SMILES string of the molecule is C[C@]1(O)C[C@H]2OC(=O)[C@@]3(C)CCC[C@@](C)(C23)[C@@]1(O)CCc1ccoc1. The number of hydrogen-bond donors (Lipinski definition) is 2. The van der Waals surface area contributed by atoms with Crippen LogP contribution in [0.15, 0.2) is 23.0 Å². The lowest BCUT2D eigenvalue weighted by atomic mass is 9.43. The summed E-state index contributed by atoms with van der Waals surface area (Å²) in [6.45, 7) is 5.73. The Morgan fingerprint density at radius 2 is 2.00 bits per heavy atom. The van der Waals surface area contributed by atoms with E-state index in [9.17, 15) is 15.0 Å². The van der Waals surface area contributed by atoms with Crippen LogP contribution in [0.2, 0.25) is 0 Å². The Bertz CT molecular complexity index is 680. The van der Waals surface area contributed by atoms with E-state index in [1.165, 1.54) is 0 Å². The fourth-order valence-electron chi connectivity index (χ4n) is 6.34. The van der Waals surface area contributed by atoms with Gasteiger partial charge in [0.2, 0.25) is 0 Å². The van der Waals surface area contributed by atoms with Gasteiger partial charge in [-0.2, -0.15) is 0 Å². The quantitative estimate of drug-likeness (QED) is 0.821. The van der Waals surface area contributed by atoms with Crippen molar-refractivity contribution in [1.82, 2.24) is 0 Å². The molecule has 3 aliphatic rings. The van der Waals surface area contributed by atoms with Gasteiger partial charge in [0.25, 0.3) is 0 Å². The van der Waals surface area contributed by atoms with Crippen LogP contribution < -0.4 is 0 Å². The third-order valence-corrected chi connectivity index (χ3v) is 7.65. The number of aryl methyl sites for hydroxylation is 1. The molecule has 1 saturated heterocycles.